The Morgan fingerprint density at radius 3 is 2.72 bits per heavy atom. The molecule has 0 saturated heterocycles. The molecule has 0 N–H and O–H groups in total. The monoisotopic (exact) mass is 257 g/mol. The molecule has 2 heterocycles. The summed E-state index contributed by atoms with van der Waals surface area (Å²) in [6.45, 7) is 1.95. The number of fused-ring (bicyclic) bond motifs is 1. The normalized spacial score (nSPS) is 11.1. The first-order valence-electron chi connectivity index (χ1n) is 5.71. The number of halogens is 1. The van der Waals surface area contributed by atoms with Gasteiger partial charge < -0.3 is 0 Å². The van der Waals surface area contributed by atoms with Crippen LogP contribution in [-0.2, 0) is 7.05 Å². The van der Waals surface area contributed by atoms with Crippen molar-refractivity contribution in [1.29, 1.82) is 0 Å². The van der Waals surface area contributed by atoms with Gasteiger partial charge in [-0.3, -0.25) is 9.67 Å². The van der Waals surface area contributed by atoms with Crippen LogP contribution in [0.5, 0.6) is 0 Å². The molecule has 3 rings (SSSR count). The Bertz CT molecular complexity index is 731. The minimum absolute atomic E-state index is 0.689. The van der Waals surface area contributed by atoms with Crippen molar-refractivity contribution in [3.63, 3.8) is 0 Å². The van der Waals surface area contributed by atoms with E-state index in [2.05, 4.69) is 16.1 Å². The molecule has 0 radical (unpaired) electrons. The molecule has 0 aliphatic carbocycles. The molecule has 0 saturated carbocycles. The molecule has 0 atom stereocenters. The van der Waals surface area contributed by atoms with Gasteiger partial charge in [0.05, 0.1) is 16.2 Å². The summed E-state index contributed by atoms with van der Waals surface area (Å²) in [5, 5.41) is 6.21. The molecule has 0 aliphatic heterocycles. The molecule has 3 nitrogen and oxygen atoms in total. The highest BCUT2D eigenvalue weighted by molar-refractivity contribution is 6.33. The highest BCUT2D eigenvalue weighted by Crippen LogP contribution is 2.30. The summed E-state index contributed by atoms with van der Waals surface area (Å²) in [6, 6.07) is 10.1. The number of aromatic nitrogens is 3. The van der Waals surface area contributed by atoms with Crippen LogP contribution < -0.4 is 0 Å². The number of para-hydroxylation sites is 1. The Morgan fingerprint density at radius 1 is 1.22 bits per heavy atom. The quantitative estimate of drug-likeness (QED) is 0.667. The average Bonchev–Trinajstić information content (AvgIpc) is 2.66. The number of aryl methyl sites for hydroxylation is 1. The molecule has 0 bridgehead atoms. The molecule has 4 heteroatoms. The minimum atomic E-state index is 0.689. The largest absolute Gasteiger partial charge is 0.271 e. The Morgan fingerprint density at radius 2 is 2.00 bits per heavy atom. The summed E-state index contributed by atoms with van der Waals surface area (Å²) in [4.78, 5) is 4.43. The first-order valence-corrected chi connectivity index (χ1v) is 6.09. The van der Waals surface area contributed by atoms with Crippen molar-refractivity contribution in [3.8, 4) is 11.3 Å². The molecule has 0 amide bonds. The van der Waals surface area contributed by atoms with Crippen LogP contribution in [0, 0.1) is 6.92 Å². The van der Waals surface area contributed by atoms with E-state index in [9.17, 15) is 0 Å². The van der Waals surface area contributed by atoms with Gasteiger partial charge in [0.25, 0.3) is 0 Å². The lowest BCUT2D eigenvalue weighted by Gasteiger charge is -2.00. The summed E-state index contributed by atoms with van der Waals surface area (Å²) in [5.41, 5.74) is 3.67. The SMILES string of the molecule is Cc1c(Cl)c(-c2cnc3ccccc3c2)nn1C. The second kappa shape index (κ2) is 4.10. The molecular weight excluding hydrogens is 246 g/mol. The van der Waals surface area contributed by atoms with Crippen molar-refractivity contribution in [1.82, 2.24) is 14.8 Å². The first-order chi connectivity index (χ1) is 8.66. The summed E-state index contributed by atoms with van der Waals surface area (Å²) in [7, 11) is 1.89. The Hall–Kier alpha value is -1.87. The van der Waals surface area contributed by atoms with E-state index in [0.29, 0.717) is 5.02 Å². The van der Waals surface area contributed by atoms with Crippen molar-refractivity contribution in [3.05, 3.63) is 47.2 Å². The summed E-state index contributed by atoms with van der Waals surface area (Å²) in [5.74, 6) is 0. The van der Waals surface area contributed by atoms with Crippen LogP contribution in [-0.4, -0.2) is 14.8 Å². The van der Waals surface area contributed by atoms with Gasteiger partial charge in [-0.05, 0) is 19.1 Å². The van der Waals surface area contributed by atoms with Crippen molar-refractivity contribution in [2.24, 2.45) is 7.05 Å². The zero-order chi connectivity index (χ0) is 12.7. The third kappa shape index (κ3) is 1.68. The number of nitrogens with zero attached hydrogens (tertiary/aromatic N) is 3. The van der Waals surface area contributed by atoms with Crippen LogP contribution in [0.15, 0.2) is 36.5 Å². The number of rotatable bonds is 1. The van der Waals surface area contributed by atoms with Crippen LogP contribution >= 0.6 is 11.6 Å². The highest BCUT2D eigenvalue weighted by Gasteiger charge is 2.13. The van der Waals surface area contributed by atoms with Gasteiger partial charge in [0.15, 0.2) is 0 Å². The second-order valence-corrected chi connectivity index (χ2v) is 4.67. The molecule has 3 aromatic rings. The molecule has 0 spiro atoms. The van der Waals surface area contributed by atoms with E-state index in [1.54, 1.807) is 4.68 Å². The van der Waals surface area contributed by atoms with Crippen molar-refractivity contribution in [2.45, 2.75) is 6.92 Å². The van der Waals surface area contributed by atoms with E-state index in [1.165, 1.54) is 0 Å². The number of pyridine rings is 1. The third-order valence-corrected chi connectivity index (χ3v) is 3.58. The van der Waals surface area contributed by atoms with Gasteiger partial charge in [-0.15, -0.1) is 0 Å². The molecule has 0 fully saturated rings. The predicted octanol–water partition coefficient (Wildman–Crippen LogP) is 3.60. The fourth-order valence-electron chi connectivity index (χ4n) is 1.97. The molecule has 2 aromatic heterocycles. The van der Waals surface area contributed by atoms with Crippen LogP contribution in [0.1, 0.15) is 5.69 Å². The van der Waals surface area contributed by atoms with Crippen molar-refractivity contribution >= 4 is 22.5 Å². The summed E-state index contributed by atoms with van der Waals surface area (Å²) in [6.07, 6.45) is 1.82. The van der Waals surface area contributed by atoms with E-state index < -0.39 is 0 Å². The Labute approximate surface area is 110 Å². The lowest BCUT2D eigenvalue weighted by molar-refractivity contribution is 0.743. The van der Waals surface area contributed by atoms with E-state index in [4.69, 9.17) is 11.6 Å². The fraction of sp³-hybridized carbons (Fsp3) is 0.143. The minimum Gasteiger partial charge on any atom is -0.271 e. The molecule has 0 aliphatic rings. The highest BCUT2D eigenvalue weighted by atomic mass is 35.5. The molecule has 18 heavy (non-hydrogen) atoms. The maximum atomic E-state index is 6.29. The second-order valence-electron chi connectivity index (χ2n) is 4.29. The van der Waals surface area contributed by atoms with Crippen LogP contribution in [0.4, 0.5) is 0 Å². The molecular formula is C14H12ClN3. The van der Waals surface area contributed by atoms with Crippen LogP contribution in [0.25, 0.3) is 22.2 Å². The standard InChI is InChI=1S/C14H12ClN3/c1-9-13(15)14(17-18(9)2)11-7-10-5-3-4-6-12(10)16-8-11/h3-8H,1-2H3. The maximum absolute atomic E-state index is 6.29. The van der Waals surface area contributed by atoms with Crippen LogP contribution in [0.3, 0.4) is 0 Å². The van der Waals surface area contributed by atoms with E-state index >= 15 is 0 Å². The number of hydrogen-bond acceptors (Lipinski definition) is 2. The Kier molecular flexibility index (Phi) is 2.56. The third-order valence-electron chi connectivity index (χ3n) is 3.12. The van der Waals surface area contributed by atoms with Gasteiger partial charge in [-0.1, -0.05) is 29.8 Å². The Balaban J connectivity index is 2.22. The van der Waals surface area contributed by atoms with Crippen molar-refractivity contribution < 1.29 is 0 Å². The zero-order valence-corrected chi connectivity index (χ0v) is 10.9. The lowest BCUT2D eigenvalue weighted by Crippen LogP contribution is -1.92. The molecule has 90 valence electrons. The van der Waals surface area contributed by atoms with E-state index in [0.717, 1.165) is 27.9 Å². The number of hydrogen-bond donors (Lipinski definition) is 0. The van der Waals surface area contributed by atoms with Gasteiger partial charge in [0, 0.05) is 24.2 Å². The van der Waals surface area contributed by atoms with Crippen molar-refractivity contribution in [2.75, 3.05) is 0 Å². The number of benzene rings is 1. The summed E-state index contributed by atoms with van der Waals surface area (Å²) >= 11 is 6.29. The van der Waals surface area contributed by atoms with Gasteiger partial charge in [0.1, 0.15) is 5.69 Å². The maximum Gasteiger partial charge on any atom is 0.113 e. The summed E-state index contributed by atoms with van der Waals surface area (Å²) < 4.78 is 1.78. The van der Waals surface area contributed by atoms with E-state index in [1.807, 2.05) is 44.4 Å². The van der Waals surface area contributed by atoms with Gasteiger partial charge in [0.2, 0.25) is 0 Å². The van der Waals surface area contributed by atoms with Crippen LogP contribution in [0.2, 0.25) is 5.02 Å². The van der Waals surface area contributed by atoms with Gasteiger partial charge in [-0.2, -0.15) is 5.10 Å². The molecule has 0 unspecified atom stereocenters. The fourth-order valence-corrected chi connectivity index (χ4v) is 2.24. The lowest BCUT2D eigenvalue weighted by atomic mass is 10.1. The van der Waals surface area contributed by atoms with Gasteiger partial charge in [-0.25, -0.2) is 0 Å². The predicted molar refractivity (Wildman–Crippen MR) is 73.7 cm³/mol. The topological polar surface area (TPSA) is 30.7 Å². The zero-order valence-electron chi connectivity index (χ0n) is 10.2. The van der Waals surface area contributed by atoms with E-state index in [-0.39, 0.29) is 0 Å². The molecule has 1 aromatic carbocycles. The smallest absolute Gasteiger partial charge is 0.113 e. The average molecular weight is 258 g/mol. The van der Waals surface area contributed by atoms with Gasteiger partial charge >= 0.3 is 0 Å². The first kappa shape index (κ1) is 11.2.